The van der Waals surface area contributed by atoms with E-state index in [9.17, 15) is 4.79 Å². The van der Waals surface area contributed by atoms with E-state index < -0.39 is 0 Å². The summed E-state index contributed by atoms with van der Waals surface area (Å²) in [7, 11) is 1.64. The van der Waals surface area contributed by atoms with E-state index in [1.807, 2.05) is 43.3 Å². The van der Waals surface area contributed by atoms with Gasteiger partial charge in [0.05, 0.1) is 35.5 Å². The number of methoxy groups -OCH3 is 1. The summed E-state index contributed by atoms with van der Waals surface area (Å²) in [6, 6.07) is 15.3. The molecule has 3 aromatic carbocycles. The van der Waals surface area contributed by atoms with Gasteiger partial charge in [-0.25, -0.2) is 0 Å². The summed E-state index contributed by atoms with van der Waals surface area (Å²) in [4.78, 5) is 12.8. The van der Waals surface area contributed by atoms with Gasteiger partial charge >= 0.3 is 0 Å². The number of benzene rings is 3. The molecule has 4 aromatic rings. The molecule has 0 fully saturated rings. The summed E-state index contributed by atoms with van der Waals surface area (Å²) in [5, 5.41) is 5.48. The number of carbonyl (C=O) groups is 1. The Bertz CT molecular complexity index is 1160. The molecule has 136 valence electrons. The van der Waals surface area contributed by atoms with E-state index in [0.717, 1.165) is 33.8 Å². The molecule has 0 spiro atoms. The topological polar surface area (TPSA) is 64.1 Å². The molecule has 7 heteroatoms. The van der Waals surface area contributed by atoms with Crippen LogP contribution >= 0.6 is 23.3 Å². The molecule has 1 aromatic heterocycles. The predicted octanol–water partition coefficient (Wildman–Crippen LogP) is 5.25. The van der Waals surface area contributed by atoms with E-state index in [0.29, 0.717) is 21.7 Å². The van der Waals surface area contributed by atoms with Gasteiger partial charge < -0.3 is 10.1 Å². The molecule has 0 bridgehead atoms. The third-order valence-corrected chi connectivity index (χ3v) is 5.45. The highest BCUT2D eigenvalue weighted by atomic mass is 35.5. The number of halogens is 1. The molecule has 1 atom stereocenters. The average molecular weight is 398 g/mol. The molecule has 0 radical (unpaired) electrons. The van der Waals surface area contributed by atoms with Crippen LogP contribution < -0.4 is 10.1 Å². The Hall–Kier alpha value is -2.70. The lowest BCUT2D eigenvalue weighted by Gasteiger charge is -2.14. The number of fused-ring (bicyclic) bond motifs is 2. The van der Waals surface area contributed by atoms with Crippen LogP contribution in [-0.4, -0.2) is 21.8 Å². The normalized spacial score (nSPS) is 12.3. The largest absolute Gasteiger partial charge is 0.497 e. The Morgan fingerprint density at radius 3 is 2.70 bits per heavy atom. The molecule has 0 aliphatic carbocycles. The zero-order chi connectivity index (χ0) is 19.0. The van der Waals surface area contributed by atoms with E-state index in [1.54, 1.807) is 19.2 Å². The average Bonchev–Trinajstić information content (AvgIpc) is 3.17. The molecular formula is C20H16ClN3O2S. The Kier molecular flexibility index (Phi) is 4.68. The lowest BCUT2D eigenvalue weighted by Crippen LogP contribution is -2.19. The number of anilines is 1. The van der Waals surface area contributed by atoms with Crippen LogP contribution in [0.1, 0.15) is 18.4 Å². The summed E-state index contributed by atoms with van der Waals surface area (Å²) in [5.74, 6) is 0.306. The Morgan fingerprint density at radius 1 is 1.11 bits per heavy atom. The van der Waals surface area contributed by atoms with Crippen molar-refractivity contribution in [2.45, 2.75) is 12.8 Å². The summed E-state index contributed by atoms with van der Waals surface area (Å²) in [6.07, 6.45) is 0. The molecule has 0 aliphatic rings. The number of carbonyl (C=O) groups excluding carboxylic acids is 1. The highest BCUT2D eigenvalue weighted by Crippen LogP contribution is 2.31. The second-order valence-electron chi connectivity index (χ2n) is 6.24. The quantitative estimate of drug-likeness (QED) is 0.511. The Labute approximate surface area is 165 Å². The molecule has 1 N–H and O–H groups in total. The SMILES string of the molecule is COc1ccc2cc([C@H](C)C(=O)Nc3c(Cl)ccc4nsnc34)ccc2c1. The van der Waals surface area contributed by atoms with Crippen LogP contribution in [0.5, 0.6) is 5.75 Å². The maximum atomic E-state index is 12.8. The van der Waals surface area contributed by atoms with Crippen LogP contribution in [0.2, 0.25) is 5.02 Å². The van der Waals surface area contributed by atoms with E-state index in [2.05, 4.69) is 14.1 Å². The smallest absolute Gasteiger partial charge is 0.231 e. The maximum absolute atomic E-state index is 12.8. The van der Waals surface area contributed by atoms with Crippen LogP contribution in [0, 0.1) is 0 Å². The van der Waals surface area contributed by atoms with Gasteiger partial charge in [-0.05, 0) is 47.5 Å². The van der Waals surface area contributed by atoms with Gasteiger partial charge in [-0.1, -0.05) is 35.9 Å². The van der Waals surface area contributed by atoms with Crippen LogP contribution in [0.4, 0.5) is 5.69 Å². The first-order valence-electron chi connectivity index (χ1n) is 8.36. The van der Waals surface area contributed by atoms with Crippen molar-refractivity contribution in [3.8, 4) is 5.75 Å². The fraction of sp³-hybridized carbons (Fsp3) is 0.150. The summed E-state index contributed by atoms with van der Waals surface area (Å²) >= 11 is 7.36. The fourth-order valence-electron chi connectivity index (χ4n) is 2.97. The lowest BCUT2D eigenvalue weighted by molar-refractivity contribution is -0.117. The molecule has 27 heavy (non-hydrogen) atoms. The minimum absolute atomic E-state index is 0.148. The van der Waals surface area contributed by atoms with Gasteiger partial charge in [-0.3, -0.25) is 4.79 Å². The van der Waals surface area contributed by atoms with E-state index in [4.69, 9.17) is 16.3 Å². The van der Waals surface area contributed by atoms with Crippen molar-refractivity contribution in [1.82, 2.24) is 8.75 Å². The van der Waals surface area contributed by atoms with Crippen molar-refractivity contribution < 1.29 is 9.53 Å². The molecule has 0 saturated heterocycles. The van der Waals surface area contributed by atoms with Crippen LogP contribution in [0.3, 0.4) is 0 Å². The highest BCUT2D eigenvalue weighted by molar-refractivity contribution is 7.00. The van der Waals surface area contributed by atoms with Gasteiger partial charge in [0.25, 0.3) is 0 Å². The first-order valence-corrected chi connectivity index (χ1v) is 9.47. The monoisotopic (exact) mass is 397 g/mol. The number of nitrogens with one attached hydrogen (secondary N) is 1. The zero-order valence-electron chi connectivity index (χ0n) is 14.7. The summed E-state index contributed by atoms with van der Waals surface area (Å²) in [6.45, 7) is 1.87. The molecule has 4 rings (SSSR count). The van der Waals surface area contributed by atoms with E-state index in [1.165, 1.54) is 0 Å². The van der Waals surface area contributed by atoms with Crippen LogP contribution in [-0.2, 0) is 4.79 Å². The van der Waals surface area contributed by atoms with Crippen molar-refractivity contribution >= 4 is 56.7 Å². The molecular weight excluding hydrogens is 382 g/mol. The molecule has 0 saturated carbocycles. The van der Waals surface area contributed by atoms with Crippen LogP contribution in [0.25, 0.3) is 21.8 Å². The van der Waals surface area contributed by atoms with Crippen molar-refractivity contribution in [1.29, 1.82) is 0 Å². The number of amides is 1. The van der Waals surface area contributed by atoms with Crippen molar-refractivity contribution in [2.24, 2.45) is 0 Å². The molecule has 5 nitrogen and oxygen atoms in total. The third kappa shape index (κ3) is 3.34. The Morgan fingerprint density at radius 2 is 1.89 bits per heavy atom. The summed E-state index contributed by atoms with van der Waals surface area (Å²) < 4.78 is 13.7. The maximum Gasteiger partial charge on any atom is 0.231 e. The molecule has 0 aliphatic heterocycles. The lowest BCUT2D eigenvalue weighted by atomic mass is 9.97. The van der Waals surface area contributed by atoms with Gasteiger partial charge in [0.15, 0.2) is 0 Å². The highest BCUT2D eigenvalue weighted by Gasteiger charge is 2.19. The van der Waals surface area contributed by atoms with Crippen molar-refractivity contribution in [2.75, 3.05) is 12.4 Å². The molecule has 1 heterocycles. The standard InChI is InChI=1S/C20H16ClN3O2S/c1-11(12-3-4-14-10-15(26-2)6-5-13(14)9-12)20(25)22-18-16(21)7-8-17-19(18)24-27-23-17/h3-11H,1-2H3,(H,22,25)/t11-/m0/s1. The number of nitrogens with zero attached hydrogens (tertiary/aromatic N) is 2. The second kappa shape index (κ2) is 7.13. The number of ether oxygens (including phenoxy) is 1. The molecule has 1 amide bonds. The van der Waals surface area contributed by atoms with E-state index in [-0.39, 0.29) is 11.8 Å². The zero-order valence-corrected chi connectivity index (χ0v) is 16.3. The van der Waals surface area contributed by atoms with Gasteiger partial charge in [-0.2, -0.15) is 8.75 Å². The van der Waals surface area contributed by atoms with Crippen LogP contribution in [0.15, 0.2) is 48.5 Å². The minimum Gasteiger partial charge on any atom is -0.497 e. The minimum atomic E-state index is -0.352. The predicted molar refractivity (Wildman–Crippen MR) is 110 cm³/mol. The van der Waals surface area contributed by atoms with Gasteiger partial charge in [-0.15, -0.1) is 0 Å². The number of aromatic nitrogens is 2. The van der Waals surface area contributed by atoms with Gasteiger partial charge in [0.2, 0.25) is 5.91 Å². The summed E-state index contributed by atoms with van der Waals surface area (Å²) in [5.41, 5.74) is 2.75. The second-order valence-corrected chi connectivity index (χ2v) is 7.17. The number of rotatable bonds is 4. The fourth-order valence-corrected chi connectivity index (χ4v) is 3.71. The van der Waals surface area contributed by atoms with Crippen molar-refractivity contribution in [3.05, 3.63) is 59.1 Å². The third-order valence-electron chi connectivity index (χ3n) is 4.59. The number of hydrogen-bond acceptors (Lipinski definition) is 5. The first kappa shape index (κ1) is 17.7. The van der Waals surface area contributed by atoms with E-state index >= 15 is 0 Å². The Balaban J connectivity index is 1.63. The first-order chi connectivity index (χ1) is 13.1. The van der Waals surface area contributed by atoms with Gasteiger partial charge in [0, 0.05) is 0 Å². The molecule has 0 unspecified atom stereocenters. The number of hydrogen-bond donors (Lipinski definition) is 1. The van der Waals surface area contributed by atoms with Crippen molar-refractivity contribution in [3.63, 3.8) is 0 Å². The van der Waals surface area contributed by atoms with Gasteiger partial charge in [0.1, 0.15) is 16.8 Å².